The standard InChI is InChI=1S/C21H45BO9/c1-16(23-7)10-26-19(4)13-29-22(30-14-20(5)27-11-17(2)24-8)31-15-21(6)28-12-18(3)25-9/h16-21H,10-15H2,1-9H3. The van der Waals surface area contributed by atoms with Crippen molar-refractivity contribution in [3.8, 4) is 0 Å². The van der Waals surface area contributed by atoms with Gasteiger partial charge in [-0.3, -0.25) is 0 Å². The Labute approximate surface area is 189 Å². The summed E-state index contributed by atoms with van der Waals surface area (Å²) in [5.41, 5.74) is 0. The van der Waals surface area contributed by atoms with Crippen LogP contribution in [0.25, 0.3) is 0 Å². The van der Waals surface area contributed by atoms with Gasteiger partial charge in [-0.1, -0.05) is 0 Å². The minimum absolute atomic E-state index is 0.0192. The first-order valence-corrected chi connectivity index (χ1v) is 11.0. The van der Waals surface area contributed by atoms with E-state index in [0.717, 1.165) is 0 Å². The van der Waals surface area contributed by atoms with Crippen LogP contribution in [0.2, 0.25) is 0 Å². The van der Waals surface area contributed by atoms with Gasteiger partial charge in [-0.05, 0) is 41.5 Å². The lowest BCUT2D eigenvalue weighted by Gasteiger charge is -2.22. The summed E-state index contributed by atoms with van der Waals surface area (Å²) in [5, 5.41) is 0. The highest BCUT2D eigenvalue weighted by atomic mass is 16.7. The van der Waals surface area contributed by atoms with Crippen LogP contribution < -0.4 is 0 Å². The van der Waals surface area contributed by atoms with Crippen molar-refractivity contribution in [2.24, 2.45) is 0 Å². The van der Waals surface area contributed by atoms with Crippen LogP contribution >= 0.6 is 0 Å². The van der Waals surface area contributed by atoms with Crippen molar-refractivity contribution in [2.45, 2.75) is 78.2 Å². The highest BCUT2D eigenvalue weighted by molar-refractivity contribution is 6.36. The van der Waals surface area contributed by atoms with Crippen LogP contribution in [0.5, 0.6) is 0 Å². The van der Waals surface area contributed by atoms with Gasteiger partial charge < -0.3 is 42.4 Å². The second kappa shape index (κ2) is 19.2. The van der Waals surface area contributed by atoms with E-state index in [1.54, 1.807) is 21.3 Å². The van der Waals surface area contributed by atoms with Gasteiger partial charge in [0.05, 0.1) is 76.3 Å². The van der Waals surface area contributed by atoms with Crippen LogP contribution in [0.1, 0.15) is 41.5 Å². The molecule has 0 aliphatic rings. The summed E-state index contributed by atoms with van der Waals surface area (Å²) in [5.74, 6) is 0. The summed E-state index contributed by atoms with van der Waals surface area (Å²) in [6.07, 6.45) is -0.360. The number of ether oxygens (including phenoxy) is 6. The Morgan fingerprint density at radius 3 is 0.903 bits per heavy atom. The fraction of sp³-hybridized carbons (Fsp3) is 1.00. The van der Waals surface area contributed by atoms with E-state index in [-0.39, 0.29) is 36.6 Å². The molecule has 0 aliphatic carbocycles. The van der Waals surface area contributed by atoms with Crippen LogP contribution in [-0.2, 0) is 42.4 Å². The van der Waals surface area contributed by atoms with Crippen LogP contribution in [0.15, 0.2) is 0 Å². The fourth-order valence-corrected chi connectivity index (χ4v) is 2.03. The molecule has 186 valence electrons. The van der Waals surface area contributed by atoms with E-state index in [0.29, 0.717) is 39.6 Å². The van der Waals surface area contributed by atoms with Gasteiger partial charge in [-0.2, -0.15) is 0 Å². The summed E-state index contributed by atoms with van der Waals surface area (Å²) in [6, 6.07) is 0. The van der Waals surface area contributed by atoms with Crippen LogP contribution in [0.4, 0.5) is 0 Å². The van der Waals surface area contributed by atoms with E-state index in [9.17, 15) is 0 Å². The molecule has 6 unspecified atom stereocenters. The average Bonchev–Trinajstić information content (AvgIpc) is 2.78. The Morgan fingerprint density at radius 1 is 0.419 bits per heavy atom. The van der Waals surface area contributed by atoms with E-state index in [1.807, 2.05) is 41.5 Å². The molecule has 0 saturated carbocycles. The first-order valence-electron chi connectivity index (χ1n) is 11.0. The maximum Gasteiger partial charge on any atom is 0.639 e. The average molecular weight is 452 g/mol. The molecule has 0 heterocycles. The van der Waals surface area contributed by atoms with Gasteiger partial charge in [0.25, 0.3) is 0 Å². The molecule has 0 rings (SSSR count). The molecule has 9 nitrogen and oxygen atoms in total. The number of methoxy groups -OCH3 is 3. The molecule has 31 heavy (non-hydrogen) atoms. The van der Waals surface area contributed by atoms with Crippen molar-refractivity contribution in [2.75, 3.05) is 61.0 Å². The third kappa shape index (κ3) is 17.9. The largest absolute Gasteiger partial charge is 0.639 e. The number of hydrogen-bond acceptors (Lipinski definition) is 9. The molecular formula is C21H45BO9. The van der Waals surface area contributed by atoms with Gasteiger partial charge >= 0.3 is 7.32 Å². The van der Waals surface area contributed by atoms with Crippen molar-refractivity contribution in [3.05, 3.63) is 0 Å². The molecule has 0 aromatic carbocycles. The van der Waals surface area contributed by atoms with Crippen molar-refractivity contribution < 1.29 is 42.4 Å². The molecule has 0 N–H and O–H groups in total. The zero-order valence-electron chi connectivity index (χ0n) is 21.0. The first kappa shape index (κ1) is 30.7. The molecular weight excluding hydrogens is 407 g/mol. The zero-order chi connectivity index (χ0) is 23.6. The third-order valence-electron chi connectivity index (χ3n) is 4.45. The van der Waals surface area contributed by atoms with Gasteiger partial charge in [0.15, 0.2) is 0 Å². The summed E-state index contributed by atoms with van der Waals surface area (Å²) < 4.78 is 50.1. The monoisotopic (exact) mass is 452 g/mol. The second-order valence-corrected chi connectivity index (χ2v) is 7.86. The van der Waals surface area contributed by atoms with Gasteiger partial charge in [0.1, 0.15) is 0 Å². The molecule has 0 aromatic rings. The quantitative estimate of drug-likeness (QED) is 0.244. The van der Waals surface area contributed by atoms with Crippen LogP contribution in [-0.4, -0.2) is 105 Å². The van der Waals surface area contributed by atoms with Gasteiger partial charge in [0, 0.05) is 21.3 Å². The van der Waals surface area contributed by atoms with E-state index in [4.69, 9.17) is 42.4 Å². The van der Waals surface area contributed by atoms with E-state index >= 15 is 0 Å². The highest BCUT2D eigenvalue weighted by Crippen LogP contribution is 2.05. The number of rotatable bonds is 21. The van der Waals surface area contributed by atoms with Crippen molar-refractivity contribution in [3.63, 3.8) is 0 Å². The van der Waals surface area contributed by atoms with Crippen molar-refractivity contribution >= 4 is 7.32 Å². The van der Waals surface area contributed by atoms with E-state index in [1.165, 1.54) is 0 Å². The van der Waals surface area contributed by atoms with Gasteiger partial charge in [-0.15, -0.1) is 0 Å². The van der Waals surface area contributed by atoms with Gasteiger partial charge in [0.2, 0.25) is 0 Å². The molecule has 0 spiro atoms. The first-order chi connectivity index (χ1) is 14.7. The van der Waals surface area contributed by atoms with Gasteiger partial charge in [-0.25, -0.2) is 0 Å². The summed E-state index contributed by atoms with van der Waals surface area (Å²) in [6.45, 7) is 14.0. The maximum absolute atomic E-state index is 5.79. The second-order valence-electron chi connectivity index (χ2n) is 7.86. The molecule has 0 aromatic heterocycles. The molecule has 0 fully saturated rings. The molecule has 0 amide bonds. The maximum atomic E-state index is 5.79. The zero-order valence-corrected chi connectivity index (χ0v) is 21.0. The number of hydrogen-bond donors (Lipinski definition) is 0. The Balaban J connectivity index is 4.48. The molecule has 0 saturated heterocycles. The molecule has 6 atom stereocenters. The van der Waals surface area contributed by atoms with Crippen LogP contribution in [0, 0.1) is 0 Å². The summed E-state index contributed by atoms with van der Waals surface area (Å²) >= 11 is 0. The van der Waals surface area contributed by atoms with E-state index < -0.39 is 7.32 Å². The fourth-order valence-electron chi connectivity index (χ4n) is 2.03. The Morgan fingerprint density at radius 2 is 0.677 bits per heavy atom. The summed E-state index contributed by atoms with van der Waals surface area (Å²) in [4.78, 5) is 0. The van der Waals surface area contributed by atoms with E-state index in [2.05, 4.69) is 0 Å². The smallest absolute Gasteiger partial charge is 0.383 e. The minimum atomic E-state index is -0.859. The molecule has 0 aliphatic heterocycles. The molecule has 10 heteroatoms. The topological polar surface area (TPSA) is 83.1 Å². The van der Waals surface area contributed by atoms with Crippen molar-refractivity contribution in [1.29, 1.82) is 0 Å². The minimum Gasteiger partial charge on any atom is -0.383 e. The lowest BCUT2D eigenvalue weighted by Crippen LogP contribution is -2.37. The SMILES string of the molecule is COC(C)COC(C)COB(OCC(C)OCC(C)OC)OCC(C)OCC(C)OC. The normalized spacial score (nSPS) is 17.7. The third-order valence-corrected chi connectivity index (χ3v) is 4.45. The van der Waals surface area contributed by atoms with Crippen molar-refractivity contribution in [1.82, 2.24) is 0 Å². The highest BCUT2D eigenvalue weighted by Gasteiger charge is 2.25. The van der Waals surface area contributed by atoms with Crippen LogP contribution in [0.3, 0.4) is 0 Å². The predicted octanol–water partition coefficient (Wildman–Crippen LogP) is 2.34. The molecule has 0 radical (unpaired) electrons. The Hall–Kier alpha value is -0.295. The Bertz CT molecular complexity index is 348. The molecule has 0 bridgehead atoms. The lowest BCUT2D eigenvalue weighted by atomic mass is 10.2. The predicted molar refractivity (Wildman–Crippen MR) is 119 cm³/mol. The lowest BCUT2D eigenvalue weighted by molar-refractivity contribution is -0.0604. The Kier molecular flexibility index (Phi) is 19.0. The summed E-state index contributed by atoms with van der Waals surface area (Å²) in [7, 11) is 4.10.